The number of morpholine rings is 1. The first-order valence-electron chi connectivity index (χ1n) is 9.30. The Bertz CT molecular complexity index is 828. The maximum atomic E-state index is 14.5. The molecule has 1 aliphatic heterocycles. The Balaban J connectivity index is 1.64. The van der Waals surface area contributed by atoms with Crippen LogP contribution in [-0.4, -0.2) is 42.0 Å². The number of carbonyl (C=O) groups is 1. The molecule has 1 aromatic heterocycles. The molecule has 1 aromatic carbocycles. The number of nitrogens with one attached hydrogen (secondary N) is 1. The van der Waals surface area contributed by atoms with Gasteiger partial charge in [0.2, 0.25) is 5.91 Å². The van der Waals surface area contributed by atoms with Gasteiger partial charge in [0.1, 0.15) is 5.82 Å². The minimum absolute atomic E-state index is 0.154. The smallest absolute Gasteiger partial charge is 0.229 e. The van der Waals surface area contributed by atoms with E-state index in [4.69, 9.17) is 4.74 Å². The van der Waals surface area contributed by atoms with Gasteiger partial charge >= 0.3 is 0 Å². The molecule has 1 fully saturated rings. The number of hydrogen-bond acceptors (Lipinski definition) is 4. The molecule has 7 heteroatoms. The zero-order chi connectivity index (χ0) is 19.6. The van der Waals surface area contributed by atoms with Crippen molar-refractivity contribution in [2.75, 3.05) is 36.5 Å². The van der Waals surface area contributed by atoms with Crippen molar-refractivity contribution in [3.63, 3.8) is 0 Å². The number of anilines is 2. The van der Waals surface area contributed by atoms with E-state index in [9.17, 15) is 9.18 Å². The average molecular weight is 374 g/mol. The van der Waals surface area contributed by atoms with Gasteiger partial charge in [0, 0.05) is 24.5 Å². The highest BCUT2D eigenvalue weighted by atomic mass is 19.1. The highest BCUT2D eigenvalue weighted by Gasteiger charge is 2.19. The summed E-state index contributed by atoms with van der Waals surface area (Å²) < 4.78 is 21.6. The number of nitrogens with zero attached hydrogens (tertiary/aromatic N) is 3. The van der Waals surface area contributed by atoms with Gasteiger partial charge in [0.25, 0.3) is 0 Å². The van der Waals surface area contributed by atoms with Crippen molar-refractivity contribution in [2.24, 2.45) is 5.92 Å². The molecule has 1 aliphatic rings. The van der Waals surface area contributed by atoms with Crippen molar-refractivity contribution in [2.45, 2.75) is 34.2 Å². The lowest BCUT2D eigenvalue weighted by atomic mass is 10.1. The number of aryl methyl sites for hydroxylation is 1. The molecule has 146 valence electrons. The summed E-state index contributed by atoms with van der Waals surface area (Å²) in [6.45, 7) is 10.9. The fraction of sp³-hybridized carbons (Fsp3) is 0.500. The van der Waals surface area contributed by atoms with Crippen LogP contribution in [0.5, 0.6) is 0 Å². The summed E-state index contributed by atoms with van der Waals surface area (Å²) in [4.78, 5) is 14.5. The summed E-state index contributed by atoms with van der Waals surface area (Å²) in [7, 11) is 0. The van der Waals surface area contributed by atoms with Crippen LogP contribution < -0.4 is 10.2 Å². The average Bonchev–Trinajstić information content (AvgIpc) is 2.89. The predicted octanol–water partition coefficient (Wildman–Crippen LogP) is 3.06. The molecule has 27 heavy (non-hydrogen) atoms. The monoisotopic (exact) mass is 374 g/mol. The second-order valence-corrected chi connectivity index (χ2v) is 7.13. The second-order valence-electron chi connectivity index (χ2n) is 7.13. The van der Waals surface area contributed by atoms with Crippen molar-refractivity contribution in [1.29, 1.82) is 0 Å². The van der Waals surface area contributed by atoms with Crippen molar-refractivity contribution in [3.8, 4) is 0 Å². The van der Waals surface area contributed by atoms with Crippen LogP contribution in [0.25, 0.3) is 0 Å². The zero-order valence-electron chi connectivity index (χ0n) is 16.4. The summed E-state index contributed by atoms with van der Waals surface area (Å²) in [5.74, 6) is -0.778. The van der Waals surface area contributed by atoms with Crippen molar-refractivity contribution >= 4 is 17.3 Å². The van der Waals surface area contributed by atoms with E-state index in [0.717, 1.165) is 17.0 Å². The molecule has 3 rings (SSSR count). The number of ether oxygens (including phenoxy) is 1. The number of carbonyl (C=O) groups excluding carboxylic acids is 1. The van der Waals surface area contributed by atoms with Crippen LogP contribution in [0.4, 0.5) is 15.8 Å². The van der Waals surface area contributed by atoms with Crippen LogP contribution in [0.2, 0.25) is 0 Å². The summed E-state index contributed by atoms with van der Waals surface area (Å²) in [5, 5.41) is 7.29. The molecular weight excluding hydrogens is 347 g/mol. The second kappa shape index (κ2) is 8.08. The molecule has 2 aromatic rings. The maximum Gasteiger partial charge on any atom is 0.229 e. The first-order valence-corrected chi connectivity index (χ1v) is 9.30. The van der Waals surface area contributed by atoms with E-state index in [-0.39, 0.29) is 17.6 Å². The molecule has 0 saturated carbocycles. The van der Waals surface area contributed by atoms with Gasteiger partial charge in [-0.2, -0.15) is 5.10 Å². The highest BCUT2D eigenvalue weighted by molar-refractivity contribution is 5.92. The number of halogens is 1. The van der Waals surface area contributed by atoms with Crippen LogP contribution in [0.15, 0.2) is 18.2 Å². The lowest BCUT2D eigenvalue weighted by molar-refractivity contribution is -0.119. The molecule has 0 radical (unpaired) electrons. The fourth-order valence-corrected chi connectivity index (χ4v) is 3.22. The van der Waals surface area contributed by atoms with Gasteiger partial charge in [0.15, 0.2) is 0 Å². The minimum atomic E-state index is -0.337. The van der Waals surface area contributed by atoms with Crippen LogP contribution in [0, 0.1) is 32.5 Å². The molecule has 0 spiro atoms. The van der Waals surface area contributed by atoms with Crippen LogP contribution >= 0.6 is 0 Å². The quantitative estimate of drug-likeness (QED) is 0.874. The van der Waals surface area contributed by atoms with Gasteiger partial charge in [-0.05, 0) is 44.5 Å². The Morgan fingerprint density at radius 1 is 1.30 bits per heavy atom. The van der Waals surface area contributed by atoms with Crippen molar-refractivity contribution in [1.82, 2.24) is 9.78 Å². The minimum Gasteiger partial charge on any atom is -0.378 e. The summed E-state index contributed by atoms with van der Waals surface area (Å²) >= 11 is 0. The first-order chi connectivity index (χ1) is 12.9. The van der Waals surface area contributed by atoms with Gasteiger partial charge in [-0.1, -0.05) is 6.92 Å². The molecule has 1 amide bonds. The number of amides is 1. The van der Waals surface area contributed by atoms with Gasteiger partial charge in [-0.3, -0.25) is 9.48 Å². The Morgan fingerprint density at radius 3 is 2.59 bits per heavy atom. The molecule has 6 nitrogen and oxygen atoms in total. The van der Waals surface area contributed by atoms with Gasteiger partial charge in [-0.25, -0.2) is 4.39 Å². The van der Waals surface area contributed by atoms with E-state index in [1.165, 1.54) is 6.07 Å². The van der Waals surface area contributed by atoms with E-state index in [0.29, 0.717) is 44.2 Å². The third-order valence-corrected chi connectivity index (χ3v) is 5.20. The maximum absolute atomic E-state index is 14.5. The molecular formula is C20H27FN4O2. The predicted molar refractivity (Wildman–Crippen MR) is 104 cm³/mol. The fourth-order valence-electron chi connectivity index (χ4n) is 3.22. The third-order valence-electron chi connectivity index (χ3n) is 5.20. The number of benzene rings is 1. The SMILES string of the molecule is Cc1nn(C[C@@H](C)C(=O)Nc2ccc(N3CCOCC3)c(F)c2)c(C)c1C. The van der Waals surface area contributed by atoms with Gasteiger partial charge in [-0.15, -0.1) is 0 Å². The zero-order valence-corrected chi connectivity index (χ0v) is 16.4. The van der Waals surface area contributed by atoms with Crippen molar-refractivity contribution in [3.05, 3.63) is 41.0 Å². The highest BCUT2D eigenvalue weighted by Crippen LogP contribution is 2.24. The van der Waals surface area contributed by atoms with E-state index in [2.05, 4.69) is 10.4 Å². The largest absolute Gasteiger partial charge is 0.378 e. The van der Waals surface area contributed by atoms with Crippen molar-refractivity contribution < 1.29 is 13.9 Å². The standard InChI is InChI=1S/C20H27FN4O2/c1-13(12-25-16(4)14(2)15(3)23-25)20(26)22-17-5-6-19(18(21)11-17)24-7-9-27-10-8-24/h5-6,11,13H,7-10,12H2,1-4H3,(H,22,26)/t13-/m1/s1. The Morgan fingerprint density at radius 2 is 2.00 bits per heavy atom. The molecule has 0 bridgehead atoms. The summed E-state index contributed by atoms with van der Waals surface area (Å²) in [6.07, 6.45) is 0. The topological polar surface area (TPSA) is 59.4 Å². The third kappa shape index (κ3) is 4.30. The van der Waals surface area contributed by atoms with E-state index >= 15 is 0 Å². The molecule has 0 unspecified atom stereocenters. The van der Waals surface area contributed by atoms with Gasteiger partial charge < -0.3 is 15.0 Å². The van der Waals surface area contributed by atoms with Crippen LogP contribution in [-0.2, 0) is 16.1 Å². The summed E-state index contributed by atoms with van der Waals surface area (Å²) in [6, 6.07) is 4.83. The Labute approximate surface area is 159 Å². The first kappa shape index (κ1) is 19.4. The lowest BCUT2D eigenvalue weighted by Gasteiger charge is -2.29. The lowest BCUT2D eigenvalue weighted by Crippen LogP contribution is -2.36. The normalized spacial score (nSPS) is 15.7. The van der Waals surface area contributed by atoms with E-state index < -0.39 is 0 Å². The van der Waals surface area contributed by atoms with Gasteiger partial charge in [0.05, 0.1) is 37.1 Å². The van der Waals surface area contributed by atoms with Crippen LogP contribution in [0.1, 0.15) is 23.9 Å². The number of hydrogen-bond donors (Lipinski definition) is 1. The Kier molecular flexibility index (Phi) is 5.79. The molecule has 2 heterocycles. The molecule has 1 saturated heterocycles. The van der Waals surface area contributed by atoms with E-state index in [1.807, 2.05) is 37.3 Å². The number of aromatic nitrogens is 2. The summed E-state index contributed by atoms with van der Waals surface area (Å²) in [5.41, 5.74) is 4.19. The molecule has 1 atom stereocenters. The van der Waals surface area contributed by atoms with Crippen LogP contribution in [0.3, 0.4) is 0 Å². The Hall–Kier alpha value is -2.41. The molecule has 0 aliphatic carbocycles. The number of rotatable bonds is 5. The molecule has 1 N–H and O–H groups in total. The van der Waals surface area contributed by atoms with E-state index in [1.54, 1.807) is 12.1 Å².